The Morgan fingerprint density at radius 3 is 3.06 bits per heavy atom. The van der Waals surface area contributed by atoms with E-state index in [1.165, 1.54) is 6.07 Å². The van der Waals surface area contributed by atoms with E-state index < -0.39 is 0 Å². The Kier molecular flexibility index (Phi) is 2.80. The molecule has 1 aromatic carbocycles. The molecule has 0 saturated carbocycles. The maximum atomic E-state index is 13.1. The number of ether oxygens (including phenoxy) is 1. The number of nitrogens with zero attached hydrogens (tertiary/aromatic N) is 1. The summed E-state index contributed by atoms with van der Waals surface area (Å²) in [5.41, 5.74) is 7.63. The van der Waals surface area contributed by atoms with E-state index in [-0.39, 0.29) is 11.9 Å². The molecule has 3 rings (SSSR count). The van der Waals surface area contributed by atoms with E-state index in [1.807, 2.05) is 18.5 Å². The maximum Gasteiger partial charge on any atom is 0.123 e. The Hall–Kier alpha value is -1.81. The Labute approximate surface area is 105 Å². The highest BCUT2D eigenvalue weighted by molar-refractivity contribution is 5.37. The molecule has 0 aliphatic carbocycles. The van der Waals surface area contributed by atoms with E-state index in [4.69, 9.17) is 10.5 Å². The van der Waals surface area contributed by atoms with Gasteiger partial charge >= 0.3 is 0 Å². The number of rotatable bonds is 3. The predicted octanol–water partition coefficient (Wildman–Crippen LogP) is 2.09. The van der Waals surface area contributed by atoms with Crippen LogP contribution in [0.25, 0.3) is 0 Å². The van der Waals surface area contributed by atoms with E-state index in [0.29, 0.717) is 6.54 Å². The summed E-state index contributed by atoms with van der Waals surface area (Å²) in [6.45, 7) is 1.31. The van der Waals surface area contributed by atoms with Gasteiger partial charge in [0.15, 0.2) is 0 Å². The van der Waals surface area contributed by atoms with Crippen LogP contribution in [0.15, 0.2) is 36.7 Å². The number of nitrogens with two attached hydrogens (primary N) is 1. The van der Waals surface area contributed by atoms with Gasteiger partial charge in [-0.2, -0.15) is 0 Å². The Balaban J connectivity index is 1.70. The lowest BCUT2D eigenvalue weighted by Crippen LogP contribution is -2.19. The first-order valence-electron chi connectivity index (χ1n) is 6.04. The van der Waals surface area contributed by atoms with Crippen molar-refractivity contribution in [3.05, 3.63) is 53.6 Å². The van der Waals surface area contributed by atoms with Gasteiger partial charge in [-0.05, 0) is 29.8 Å². The first kappa shape index (κ1) is 11.3. The number of aromatic nitrogens is 1. The summed E-state index contributed by atoms with van der Waals surface area (Å²) in [4.78, 5) is 0. The van der Waals surface area contributed by atoms with Crippen molar-refractivity contribution in [3.63, 3.8) is 0 Å². The second-order valence-electron chi connectivity index (χ2n) is 4.62. The normalized spacial score (nSPS) is 17.6. The van der Waals surface area contributed by atoms with Crippen molar-refractivity contribution in [1.82, 2.24) is 4.57 Å². The molecule has 4 heteroatoms. The Bertz CT molecular complexity index is 565. The molecule has 1 atom stereocenters. The molecule has 1 unspecified atom stereocenters. The molecule has 1 aliphatic heterocycles. The largest absolute Gasteiger partial charge is 0.488 e. The molecular formula is C14H15FN2O. The summed E-state index contributed by atoms with van der Waals surface area (Å²) in [6.07, 6.45) is 4.84. The average molecular weight is 246 g/mol. The molecule has 0 radical (unpaired) electrons. The molecule has 2 N–H and O–H groups in total. The quantitative estimate of drug-likeness (QED) is 0.900. The van der Waals surface area contributed by atoms with Crippen LogP contribution in [0.5, 0.6) is 5.75 Å². The minimum atomic E-state index is -0.204. The fourth-order valence-electron chi connectivity index (χ4n) is 2.35. The highest BCUT2D eigenvalue weighted by Gasteiger charge is 2.23. The van der Waals surface area contributed by atoms with Crippen LogP contribution in [-0.4, -0.2) is 10.7 Å². The standard InChI is InChI=1S/C14H15FN2O/c15-12-1-2-14-11(5-12)6-13(18-14)9-17-4-3-10(7-16)8-17/h1-5,8,13H,6-7,9,16H2. The highest BCUT2D eigenvalue weighted by atomic mass is 19.1. The molecule has 3 nitrogen and oxygen atoms in total. The monoisotopic (exact) mass is 246 g/mol. The van der Waals surface area contributed by atoms with Gasteiger partial charge in [0, 0.05) is 30.9 Å². The molecule has 1 aromatic heterocycles. The summed E-state index contributed by atoms with van der Waals surface area (Å²) < 4.78 is 20.9. The molecule has 94 valence electrons. The van der Waals surface area contributed by atoms with Gasteiger partial charge in [-0.15, -0.1) is 0 Å². The van der Waals surface area contributed by atoms with E-state index >= 15 is 0 Å². The smallest absolute Gasteiger partial charge is 0.123 e. The van der Waals surface area contributed by atoms with Crippen LogP contribution < -0.4 is 10.5 Å². The fourth-order valence-corrected chi connectivity index (χ4v) is 2.35. The lowest BCUT2D eigenvalue weighted by atomic mass is 10.1. The number of fused-ring (bicyclic) bond motifs is 1. The SMILES string of the molecule is NCc1ccn(CC2Cc3cc(F)ccc3O2)c1. The third-order valence-electron chi connectivity index (χ3n) is 3.23. The minimum absolute atomic E-state index is 0.0693. The van der Waals surface area contributed by atoms with Gasteiger partial charge in [0.2, 0.25) is 0 Å². The van der Waals surface area contributed by atoms with Gasteiger partial charge < -0.3 is 15.0 Å². The molecule has 0 amide bonds. The average Bonchev–Trinajstić information content (AvgIpc) is 2.95. The van der Waals surface area contributed by atoms with Crippen LogP contribution >= 0.6 is 0 Å². The van der Waals surface area contributed by atoms with Gasteiger partial charge in [-0.1, -0.05) is 0 Å². The molecule has 2 heterocycles. The zero-order valence-electron chi connectivity index (χ0n) is 9.97. The van der Waals surface area contributed by atoms with Crippen molar-refractivity contribution in [2.45, 2.75) is 25.6 Å². The fraction of sp³-hybridized carbons (Fsp3) is 0.286. The number of hydrogen-bond acceptors (Lipinski definition) is 2. The zero-order chi connectivity index (χ0) is 12.5. The summed E-state index contributed by atoms with van der Waals surface area (Å²) >= 11 is 0. The van der Waals surface area contributed by atoms with Gasteiger partial charge in [0.1, 0.15) is 17.7 Å². The van der Waals surface area contributed by atoms with Crippen LogP contribution in [0.1, 0.15) is 11.1 Å². The van der Waals surface area contributed by atoms with Crippen molar-refractivity contribution in [2.75, 3.05) is 0 Å². The summed E-state index contributed by atoms with van der Waals surface area (Å²) in [5.74, 6) is 0.594. The van der Waals surface area contributed by atoms with Crippen molar-refractivity contribution < 1.29 is 9.13 Å². The number of halogens is 1. The van der Waals surface area contributed by atoms with Crippen LogP contribution in [0.2, 0.25) is 0 Å². The van der Waals surface area contributed by atoms with Crippen molar-refractivity contribution in [1.29, 1.82) is 0 Å². The minimum Gasteiger partial charge on any atom is -0.488 e. The van der Waals surface area contributed by atoms with E-state index in [2.05, 4.69) is 4.57 Å². The van der Waals surface area contributed by atoms with Crippen molar-refractivity contribution in [3.8, 4) is 5.75 Å². The molecule has 0 fully saturated rings. The second-order valence-corrected chi connectivity index (χ2v) is 4.62. The van der Waals surface area contributed by atoms with E-state index in [1.54, 1.807) is 12.1 Å². The first-order valence-corrected chi connectivity index (χ1v) is 6.04. The van der Waals surface area contributed by atoms with Crippen LogP contribution in [0, 0.1) is 5.82 Å². The Morgan fingerprint density at radius 2 is 2.28 bits per heavy atom. The van der Waals surface area contributed by atoms with Crippen LogP contribution in [-0.2, 0) is 19.5 Å². The van der Waals surface area contributed by atoms with Gasteiger partial charge in [-0.25, -0.2) is 4.39 Å². The van der Waals surface area contributed by atoms with E-state index in [0.717, 1.165) is 29.8 Å². The number of hydrogen-bond donors (Lipinski definition) is 1. The maximum absolute atomic E-state index is 13.1. The highest BCUT2D eigenvalue weighted by Crippen LogP contribution is 2.29. The van der Waals surface area contributed by atoms with Gasteiger partial charge in [0.05, 0.1) is 6.54 Å². The third kappa shape index (κ3) is 2.11. The third-order valence-corrected chi connectivity index (χ3v) is 3.23. The van der Waals surface area contributed by atoms with Gasteiger partial charge in [0.25, 0.3) is 0 Å². The number of benzene rings is 1. The van der Waals surface area contributed by atoms with Gasteiger partial charge in [-0.3, -0.25) is 0 Å². The molecule has 0 saturated heterocycles. The molecular weight excluding hydrogens is 231 g/mol. The Morgan fingerprint density at radius 1 is 1.39 bits per heavy atom. The summed E-state index contributed by atoms with van der Waals surface area (Å²) in [5, 5.41) is 0. The lowest BCUT2D eigenvalue weighted by Gasteiger charge is -2.11. The summed E-state index contributed by atoms with van der Waals surface area (Å²) in [7, 11) is 0. The summed E-state index contributed by atoms with van der Waals surface area (Å²) in [6, 6.07) is 6.69. The topological polar surface area (TPSA) is 40.2 Å². The van der Waals surface area contributed by atoms with Crippen molar-refractivity contribution >= 4 is 0 Å². The second kappa shape index (κ2) is 4.46. The van der Waals surface area contributed by atoms with Crippen LogP contribution in [0.3, 0.4) is 0 Å². The molecule has 18 heavy (non-hydrogen) atoms. The predicted molar refractivity (Wildman–Crippen MR) is 66.8 cm³/mol. The lowest BCUT2D eigenvalue weighted by molar-refractivity contribution is 0.209. The van der Waals surface area contributed by atoms with Crippen molar-refractivity contribution in [2.24, 2.45) is 5.73 Å². The molecule has 1 aliphatic rings. The molecule has 0 bridgehead atoms. The van der Waals surface area contributed by atoms with E-state index in [9.17, 15) is 4.39 Å². The van der Waals surface area contributed by atoms with Crippen LogP contribution in [0.4, 0.5) is 4.39 Å². The zero-order valence-corrected chi connectivity index (χ0v) is 9.97. The first-order chi connectivity index (χ1) is 8.74. The molecule has 0 spiro atoms. The molecule has 2 aromatic rings.